The van der Waals surface area contributed by atoms with Gasteiger partial charge in [0.05, 0.1) is 0 Å². The van der Waals surface area contributed by atoms with E-state index in [1.165, 1.54) is 51.4 Å². The van der Waals surface area contributed by atoms with Gasteiger partial charge in [-0.1, -0.05) is 33.1 Å². The molecule has 1 aliphatic heterocycles. The van der Waals surface area contributed by atoms with Gasteiger partial charge in [-0.15, -0.1) is 0 Å². The first-order valence-corrected chi connectivity index (χ1v) is 8.22. The zero-order chi connectivity index (χ0) is 13.7. The third-order valence-corrected chi connectivity index (χ3v) is 4.65. The molecule has 0 aromatic heterocycles. The molecule has 1 atom stereocenters. The minimum absolute atomic E-state index is 0.135. The van der Waals surface area contributed by atoms with Crippen LogP contribution in [0.3, 0.4) is 0 Å². The normalized spacial score (nSPS) is 25.8. The van der Waals surface area contributed by atoms with E-state index in [-0.39, 0.29) is 5.92 Å². The van der Waals surface area contributed by atoms with Gasteiger partial charge in [0.25, 0.3) is 0 Å². The second kappa shape index (κ2) is 7.28. The van der Waals surface area contributed by atoms with Crippen molar-refractivity contribution in [2.75, 3.05) is 13.1 Å². The molecule has 1 saturated heterocycles. The number of amides is 1. The standard InChI is InChI=1S/C16H30N2O/c1-13(2)16(19)18-11-7-6-10-15(18)12-17-14-8-4-3-5-9-14/h13-15,17H,3-12H2,1-2H3. The van der Waals surface area contributed by atoms with Crippen LogP contribution in [0.5, 0.6) is 0 Å². The number of piperidine rings is 1. The van der Waals surface area contributed by atoms with Crippen LogP contribution in [0.1, 0.15) is 65.2 Å². The topological polar surface area (TPSA) is 32.3 Å². The van der Waals surface area contributed by atoms with Crippen LogP contribution in [-0.2, 0) is 4.79 Å². The van der Waals surface area contributed by atoms with Crippen molar-refractivity contribution in [1.29, 1.82) is 0 Å². The zero-order valence-corrected chi connectivity index (χ0v) is 12.7. The van der Waals surface area contributed by atoms with Gasteiger partial charge in [-0.05, 0) is 32.1 Å². The lowest BCUT2D eigenvalue weighted by molar-refractivity contribution is -0.138. The van der Waals surface area contributed by atoms with Crippen molar-refractivity contribution in [2.24, 2.45) is 5.92 Å². The molecule has 19 heavy (non-hydrogen) atoms. The van der Waals surface area contributed by atoms with Gasteiger partial charge < -0.3 is 10.2 Å². The molecule has 2 fully saturated rings. The predicted molar refractivity (Wildman–Crippen MR) is 79.1 cm³/mol. The van der Waals surface area contributed by atoms with Crippen LogP contribution in [0.2, 0.25) is 0 Å². The summed E-state index contributed by atoms with van der Waals surface area (Å²) in [4.78, 5) is 14.4. The van der Waals surface area contributed by atoms with E-state index >= 15 is 0 Å². The maximum absolute atomic E-state index is 12.3. The van der Waals surface area contributed by atoms with E-state index in [2.05, 4.69) is 10.2 Å². The number of nitrogens with one attached hydrogen (secondary N) is 1. The lowest BCUT2D eigenvalue weighted by Gasteiger charge is -2.38. The number of hydrogen-bond acceptors (Lipinski definition) is 2. The largest absolute Gasteiger partial charge is 0.338 e. The Morgan fingerprint density at radius 3 is 2.47 bits per heavy atom. The van der Waals surface area contributed by atoms with Crippen molar-refractivity contribution in [2.45, 2.75) is 77.3 Å². The summed E-state index contributed by atoms with van der Waals surface area (Å²) in [6, 6.07) is 1.14. The summed E-state index contributed by atoms with van der Waals surface area (Å²) >= 11 is 0. The summed E-state index contributed by atoms with van der Waals surface area (Å²) in [5.41, 5.74) is 0. The third-order valence-electron chi connectivity index (χ3n) is 4.65. The molecule has 1 heterocycles. The van der Waals surface area contributed by atoms with Gasteiger partial charge in [-0.2, -0.15) is 0 Å². The van der Waals surface area contributed by atoms with E-state index in [0.717, 1.165) is 13.1 Å². The van der Waals surface area contributed by atoms with Crippen molar-refractivity contribution in [3.63, 3.8) is 0 Å². The summed E-state index contributed by atoms with van der Waals surface area (Å²) in [5, 5.41) is 3.72. The summed E-state index contributed by atoms with van der Waals surface area (Å²) in [5.74, 6) is 0.477. The highest BCUT2D eigenvalue weighted by Gasteiger charge is 2.28. The fraction of sp³-hybridized carbons (Fsp3) is 0.938. The number of carbonyl (C=O) groups excluding carboxylic acids is 1. The molecule has 0 aromatic rings. The highest BCUT2D eigenvalue weighted by Crippen LogP contribution is 2.21. The number of rotatable bonds is 4. The molecule has 110 valence electrons. The van der Waals surface area contributed by atoms with Crippen molar-refractivity contribution >= 4 is 5.91 Å². The molecule has 2 aliphatic rings. The van der Waals surface area contributed by atoms with Crippen LogP contribution in [-0.4, -0.2) is 36.0 Å². The molecule has 3 nitrogen and oxygen atoms in total. The van der Waals surface area contributed by atoms with E-state index < -0.39 is 0 Å². The first kappa shape index (κ1) is 14.8. The minimum Gasteiger partial charge on any atom is -0.338 e. The van der Waals surface area contributed by atoms with Crippen molar-refractivity contribution in [3.8, 4) is 0 Å². The van der Waals surface area contributed by atoms with Crippen molar-refractivity contribution < 1.29 is 4.79 Å². The fourth-order valence-electron chi connectivity index (χ4n) is 3.44. The average molecular weight is 266 g/mol. The summed E-state index contributed by atoms with van der Waals surface area (Å²) in [6.07, 6.45) is 10.4. The van der Waals surface area contributed by atoms with Crippen LogP contribution in [0.15, 0.2) is 0 Å². The lowest BCUT2D eigenvalue weighted by atomic mass is 9.94. The summed E-state index contributed by atoms with van der Waals surface area (Å²) in [6.45, 7) is 6.00. The Bertz CT molecular complexity index is 284. The smallest absolute Gasteiger partial charge is 0.225 e. The molecule has 1 aliphatic carbocycles. The van der Waals surface area contributed by atoms with Crippen molar-refractivity contribution in [3.05, 3.63) is 0 Å². The third kappa shape index (κ3) is 4.20. The molecule has 2 rings (SSSR count). The second-order valence-electron chi connectivity index (χ2n) is 6.58. The van der Waals surface area contributed by atoms with Gasteiger partial charge in [0.1, 0.15) is 0 Å². The molecule has 0 radical (unpaired) electrons. The van der Waals surface area contributed by atoms with Gasteiger partial charge in [-0.3, -0.25) is 4.79 Å². The number of nitrogens with zero attached hydrogens (tertiary/aromatic N) is 1. The average Bonchev–Trinajstić information content (AvgIpc) is 2.45. The van der Waals surface area contributed by atoms with Gasteiger partial charge >= 0.3 is 0 Å². The Balaban J connectivity index is 1.83. The quantitative estimate of drug-likeness (QED) is 0.848. The Morgan fingerprint density at radius 1 is 1.11 bits per heavy atom. The Labute approximate surface area is 118 Å². The monoisotopic (exact) mass is 266 g/mol. The van der Waals surface area contributed by atoms with Gasteiger partial charge in [0, 0.05) is 31.1 Å². The second-order valence-corrected chi connectivity index (χ2v) is 6.58. The number of likely N-dealkylation sites (tertiary alicyclic amines) is 1. The van der Waals surface area contributed by atoms with E-state index in [4.69, 9.17) is 0 Å². The number of carbonyl (C=O) groups is 1. The first-order chi connectivity index (χ1) is 9.18. The van der Waals surface area contributed by atoms with Crippen LogP contribution >= 0.6 is 0 Å². The van der Waals surface area contributed by atoms with Gasteiger partial charge in [0.15, 0.2) is 0 Å². The molecule has 0 bridgehead atoms. The van der Waals surface area contributed by atoms with Gasteiger partial charge in [0.2, 0.25) is 5.91 Å². The van der Waals surface area contributed by atoms with Crippen molar-refractivity contribution in [1.82, 2.24) is 10.2 Å². The molecule has 1 saturated carbocycles. The maximum Gasteiger partial charge on any atom is 0.225 e. The predicted octanol–water partition coefficient (Wildman–Crippen LogP) is 2.95. The molecular weight excluding hydrogens is 236 g/mol. The van der Waals surface area contributed by atoms with E-state index in [0.29, 0.717) is 18.0 Å². The van der Waals surface area contributed by atoms with E-state index in [1.807, 2.05) is 13.8 Å². The Hall–Kier alpha value is -0.570. The minimum atomic E-state index is 0.135. The SMILES string of the molecule is CC(C)C(=O)N1CCCCC1CNC1CCCCC1. The van der Waals surface area contributed by atoms with Crippen LogP contribution < -0.4 is 5.32 Å². The maximum atomic E-state index is 12.3. The molecule has 1 amide bonds. The molecule has 1 unspecified atom stereocenters. The van der Waals surface area contributed by atoms with Crippen LogP contribution in [0.4, 0.5) is 0 Å². The Kier molecular flexibility index (Phi) is 5.68. The van der Waals surface area contributed by atoms with Gasteiger partial charge in [-0.25, -0.2) is 0 Å². The van der Waals surface area contributed by atoms with E-state index in [1.54, 1.807) is 0 Å². The fourth-order valence-corrected chi connectivity index (χ4v) is 3.44. The highest BCUT2D eigenvalue weighted by molar-refractivity contribution is 5.78. The lowest BCUT2D eigenvalue weighted by Crippen LogP contribution is -2.51. The van der Waals surface area contributed by atoms with E-state index in [9.17, 15) is 4.79 Å². The zero-order valence-electron chi connectivity index (χ0n) is 12.7. The molecular formula is C16H30N2O. The number of hydrogen-bond donors (Lipinski definition) is 1. The molecule has 3 heteroatoms. The Morgan fingerprint density at radius 2 is 1.79 bits per heavy atom. The summed E-state index contributed by atoms with van der Waals surface area (Å²) < 4.78 is 0. The van der Waals surface area contributed by atoms with Crippen LogP contribution in [0, 0.1) is 5.92 Å². The molecule has 0 aromatic carbocycles. The van der Waals surface area contributed by atoms with Crippen LogP contribution in [0.25, 0.3) is 0 Å². The molecule has 0 spiro atoms. The highest BCUT2D eigenvalue weighted by atomic mass is 16.2. The first-order valence-electron chi connectivity index (χ1n) is 8.22. The molecule has 1 N–H and O–H groups in total. The summed E-state index contributed by atoms with van der Waals surface area (Å²) in [7, 11) is 0.